The van der Waals surface area contributed by atoms with Gasteiger partial charge in [-0.1, -0.05) is 0 Å². The molecule has 0 amide bonds. The topological polar surface area (TPSA) is 41.8 Å². The molecule has 0 radical (unpaired) electrons. The summed E-state index contributed by atoms with van der Waals surface area (Å²) >= 11 is 3.14. The number of aromatic nitrogens is 2. The summed E-state index contributed by atoms with van der Waals surface area (Å²) in [6, 6.07) is 4.91. The molecule has 17 heavy (non-hydrogen) atoms. The molecule has 0 fully saturated rings. The van der Waals surface area contributed by atoms with Crippen molar-refractivity contribution in [2.24, 2.45) is 0 Å². The molecule has 0 bridgehead atoms. The number of H-pyrrole nitrogens is 1. The normalized spacial score (nSPS) is 11.2. The molecule has 1 N–H and O–H groups in total. The van der Waals surface area contributed by atoms with Crippen LogP contribution in [0.5, 0.6) is 0 Å². The van der Waals surface area contributed by atoms with E-state index in [4.69, 9.17) is 4.42 Å². The van der Waals surface area contributed by atoms with Crippen molar-refractivity contribution in [3.63, 3.8) is 0 Å². The maximum Gasteiger partial charge on any atom is 0.174 e. The lowest BCUT2D eigenvalue weighted by Gasteiger charge is -1.92. The Kier molecular flexibility index (Phi) is 2.29. The van der Waals surface area contributed by atoms with E-state index in [-0.39, 0.29) is 5.82 Å². The molecule has 0 atom stereocenters. The predicted octanol–water partition coefficient (Wildman–Crippen LogP) is 4.03. The smallest absolute Gasteiger partial charge is 0.174 e. The van der Waals surface area contributed by atoms with Crippen molar-refractivity contribution < 1.29 is 8.81 Å². The highest BCUT2D eigenvalue weighted by atomic mass is 79.9. The third kappa shape index (κ3) is 1.67. The van der Waals surface area contributed by atoms with E-state index in [1.165, 1.54) is 6.07 Å². The first-order valence-corrected chi connectivity index (χ1v) is 5.83. The molecule has 2 aromatic heterocycles. The summed E-state index contributed by atoms with van der Waals surface area (Å²) < 4.78 is 19.1. The van der Waals surface area contributed by atoms with Crippen LogP contribution < -0.4 is 0 Å². The second-order valence-electron chi connectivity index (χ2n) is 3.80. The Hall–Kier alpha value is -1.62. The van der Waals surface area contributed by atoms with E-state index in [1.807, 2.05) is 13.0 Å². The number of furan rings is 1. The maximum atomic E-state index is 13.4. The molecule has 0 saturated carbocycles. The van der Waals surface area contributed by atoms with E-state index in [9.17, 15) is 4.39 Å². The summed E-state index contributed by atoms with van der Waals surface area (Å²) in [6.45, 7) is 1.93. The number of halogens is 2. The Balaban J connectivity index is 2.24. The van der Waals surface area contributed by atoms with Crippen LogP contribution in [0.25, 0.3) is 22.6 Å². The zero-order valence-electron chi connectivity index (χ0n) is 8.92. The van der Waals surface area contributed by atoms with Gasteiger partial charge in [-0.15, -0.1) is 0 Å². The lowest BCUT2D eigenvalue weighted by Crippen LogP contribution is -1.78. The van der Waals surface area contributed by atoms with Crippen LogP contribution in [-0.4, -0.2) is 9.97 Å². The van der Waals surface area contributed by atoms with Gasteiger partial charge in [-0.2, -0.15) is 0 Å². The second-order valence-corrected chi connectivity index (χ2v) is 4.66. The van der Waals surface area contributed by atoms with Crippen molar-refractivity contribution in [3.05, 3.63) is 40.3 Å². The molecule has 3 aromatic rings. The molecule has 3 nitrogen and oxygen atoms in total. The van der Waals surface area contributed by atoms with Crippen LogP contribution in [0.15, 0.2) is 33.4 Å². The number of hydrogen-bond donors (Lipinski definition) is 1. The third-order valence-electron chi connectivity index (χ3n) is 2.60. The minimum absolute atomic E-state index is 0.316. The van der Waals surface area contributed by atoms with Crippen molar-refractivity contribution >= 4 is 27.0 Å². The van der Waals surface area contributed by atoms with E-state index in [2.05, 4.69) is 25.9 Å². The number of aryl methyl sites for hydroxylation is 1. The summed E-state index contributed by atoms with van der Waals surface area (Å²) in [7, 11) is 0. The van der Waals surface area contributed by atoms with Gasteiger partial charge in [0.15, 0.2) is 11.6 Å². The molecule has 0 aliphatic heterocycles. The molecule has 0 saturated heterocycles. The molecule has 0 aliphatic carbocycles. The number of imidazole rings is 1. The van der Waals surface area contributed by atoms with E-state index in [0.717, 1.165) is 5.56 Å². The Morgan fingerprint density at radius 2 is 2.24 bits per heavy atom. The SMILES string of the molecule is Cc1ccoc1-c1nc2cc(Br)c(F)cc2[nH]1. The van der Waals surface area contributed by atoms with Crippen molar-refractivity contribution in [2.75, 3.05) is 0 Å². The van der Waals surface area contributed by atoms with Gasteiger partial charge in [0.05, 0.1) is 21.8 Å². The average Bonchev–Trinajstić information content (AvgIpc) is 2.85. The highest BCUT2D eigenvalue weighted by molar-refractivity contribution is 9.10. The first kappa shape index (κ1) is 10.5. The maximum absolute atomic E-state index is 13.4. The number of nitrogens with one attached hydrogen (secondary N) is 1. The Morgan fingerprint density at radius 3 is 2.94 bits per heavy atom. The van der Waals surface area contributed by atoms with Gasteiger partial charge in [0.1, 0.15) is 5.82 Å². The van der Waals surface area contributed by atoms with Gasteiger partial charge in [0, 0.05) is 6.07 Å². The van der Waals surface area contributed by atoms with E-state index < -0.39 is 0 Å². The standard InChI is InChI=1S/C12H8BrFN2O/c1-6-2-3-17-11(6)12-15-9-4-7(13)8(14)5-10(9)16-12/h2-5H,1H3,(H,15,16). The summed E-state index contributed by atoms with van der Waals surface area (Å²) in [6.07, 6.45) is 1.61. The zero-order chi connectivity index (χ0) is 12.0. The molecule has 0 spiro atoms. The Labute approximate surface area is 105 Å². The second kappa shape index (κ2) is 3.70. The van der Waals surface area contributed by atoms with Crippen LogP contribution in [0.4, 0.5) is 4.39 Å². The van der Waals surface area contributed by atoms with Crippen molar-refractivity contribution in [1.82, 2.24) is 9.97 Å². The number of nitrogens with zero attached hydrogens (tertiary/aromatic N) is 1. The molecular weight excluding hydrogens is 287 g/mol. The Morgan fingerprint density at radius 1 is 1.41 bits per heavy atom. The summed E-state index contributed by atoms with van der Waals surface area (Å²) in [5.41, 5.74) is 2.34. The molecule has 3 rings (SSSR count). The summed E-state index contributed by atoms with van der Waals surface area (Å²) in [5, 5.41) is 0. The van der Waals surface area contributed by atoms with Crippen LogP contribution in [-0.2, 0) is 0 Å². The van der Waals surface area contributed by atoms with E-state index in [0.29, 0.717) is 27.1 Å². The van der Waals surface area contributed by atoms with Gasteiger partial charge in [-0.05, 0) is 40.5 Å². The van der Waals surface area contributed by atoms with Crippen LogP contribution >= 0.6 is 15.9 Å². The van der Waals surface area contributed by atoms with Gasteiger partial charge < -0.3 is 9.40 Å². The largest absolute Gasteiger partial charge is 0.461 e. The van der Waals surface area contributed by atoms with Crippen LogP contribution in [0.2, 0.25) is 0 Å². The molecular formula is C12H8BrFN2O. The highest BCUT2D eigenvalue weighted by Crippen LogP contribution is 2.27. The monoisotopic (exact) mass is 294 g/mol. The van der Waals surface area contributed by atoms with Crippen molar-refractivity contribution in [2.45, 2.75) is 6.92 Å². The number of benzene rings is 1. The quantitative estimate of drug-likeness (QED) is 0.736. The van der Waals surface area contributed by atoms with Gasteiger partial charge in [0.25, 0.3) is 0 Å². The fraction of sp³-hybridized carbons (Fsp3) is 0.0833. The third-order valence-corrected chi connectivity index (χ3v) is 3.21. The fourth-order valence-electron chi connectivity index (χ4n) is 1.73. The first-order valence-electron chi connectivity index (χ1n) is 5.04. The summed E-state index contributed by atoms with van der Waals surface area (Å²) in [5.74, 6) is 0.974. The Bertz CT molecular complexity index is 663. The number of aromatic amines is 1. The average molecular weight is 295 g/mol. The van der Waals surface area contributed by atoms with Gasteiger partial charge in [-0.3, -0.25) is 0 Å². The van der Waals surface area contributed by atoms with Crippen LogP contribution in [0.1, 0.15) is 5.56 Å². The number of hydrogen-bond acceptors (Lipinski definition) is 2. The van der Waals surface area contributed by atoms with Crippen molar-refractivity contribution in [3.8, 4) is 11.6 Å². The highest BCUT2D eigenvalue weighted by Gasteiger charge is 2.12. The summed E-state index contributed by atoms with van der Waals surface area (Å²) in [4.78, 5) is 7.41. The number of fused-ring (bicyclic) bond motifs is 1. The molecule has 5 heteroatoms. The van der Waals surface area contributed by atoms with Gasteiger partial charge in [-0.25, -0.2) is 9.37 Å². The number of rotatable bonds is 1. The first-order chi connectivity index (χ1) is 8.15. The minimum Gasteiger partial charge on any atom is -0.461 e. The lowest BCUT2D eigenvalue weighted by molar-refractivity contribution is 0.577. The molecule has 0 aliphatic rings. The molecule has 1 aromatic carbocycles. The van der Waals surface area contributed by atoms with Crippen LogP contribution in [0.3, 0.4) is 0 Å². The van der Waals surface area contributed by atoms with E-state index >= 15 is 0 Å². The molecule has 2 heterocycles. The lowest BCUT2D eigenvalue weighted by atomic mass is 10.3. The molecule has 86 valence electrons. The van der Waals surface area contributed by atoms with Gasteiger partial charge >= 0.3 is 0 Å². The minimum atomic E-state index is -0.316. The van der Waals surface area contributed by atoms with Crippen LogP contribution in [0, 0.1) is 12.7 Å². The van der Waals surface area contributed by atoms with Crippen molar-refractivity contribution in [1.29, 1.82) is 0 Å². The van der Waals surface area contributed by atoms with E-state index in [1.54, 1.807) is 12.3 Å². The fourth-order valence-corrected chi connectivity index (χ4v) is 2.06. The molecule has 0 unspecified atom stereocenters. The predicted molar refractivity (Wildman–Crippen MR) is 66.2 cm³/mol. The van der Waals surface area contributed by atoms with Gasteiger partial charge in [0.2, 0.25) is 0 Å². The zero-order valence-corrected chi connectivity index (χ0v) is 10.5.